The topological polar surface area (TPSA) is 42.0 Å². The Bertz CT molecular complexity index is 302. The predicted octanol–water partition coefficient (Wildman–Crippen LogP) is 3.25. The summed E-state index contributed by atoms with van der Waals surface area (Å²) >= 11 is 3.33. The molecule has 16 heavy (non-hydrogen) atoms. The fourth-order valence-corrected chi connectivity index (χ4v) is 1.01. The molecule has 0 spiro atoms. The third-order valence-electron chi connectivity index (χ3n) is 1.55. The van der Waals surface area contributed by atoms with Crippen molar-refractivity contribution in [2.75, 3.05) is 12.4 Å². The third kappa shape index (κ3) is 7.40. The fourth-order valence-electron chi connectivity index (χ4n) is 0.693. The molecule has 0 amide bonds. The Morgan fingerprint density at radius 3 is 2.38 bits per heavy atom. The second-order valence-corrected chi connectivity index (χ2v) is 4.94. The number of hydrogen-bond acceptors (Lipinski definition) is 3. The number of hydrogen-bond donors (Lipinski definition) is 1. The van der Waals surface area contributed by atoms with Gasteiger partial charge in [0.1, 0.15) is 12.1 Å². The number of carbonyl (C=O) groups is 1. The van der Waals surface area contributed by atoms with Crippen LogP contribution < -0.4 is 5.32 Å². The maximum atomic E-state index is 9.83. The van der Waals surface area contributed by atoms with Gasteiger partial charge in [0.15, 0.2) is 0 Å². The van der Waals surface area contributed by atoms with Gasteiger partial charge in [-0.25, -0.2) is 4.98 Å². The number of rotatable bonds is 2. The predicted molar refractivity (Wildman–Crippen MR) is 71.9 cm³/mol. The lowest BCUT2D eigenvalue weighted by atomic mass is 10.0. The minimum absolute atomic E-state index is 0.139. The first-order valence-corrected chi connectivity index (χ1v) is 6.21. The Balaban J connectivity index is 0.000000325. The second-order valence-electron chi connectivity index (χ2n) is 4.38. The number of nitrogens with one attached hydrogen (secondary N) is 1. The Labute approximate surface area is 106 Å². The number of halogens is 1. The number of aldehydes is 1. The number of alkyl halides is 1. The van der Waals surface area contributed by atoms with Gasteiger partial charge in [0.05, 0.1) is 5.69 Å². The first-order valence-electron chi connectivity index (χ1n) is 5.09. The summed E-state index contributed by atoms with van der Waals surface area (Å²) in [4.78, 5) is 14.1. The van der Waals surface area contributed by atoms with Gasteiger partial charge in [-0.3, -0.25) is 0 Å². The van der Waals surface area contributed by atoms with Crippen molar-refractivity contribution in [1.82, 2.24) is 4.98 Å². The molecule has 3 nitrogen and oxygen atoms in total. The average Bonchev–Trinajstić information content (AvgIpc) is 2.29. The van der Waals surface area contributed by atoms with Gasteiger partial charge in [0, 0.05) is 17.8 Å². The normalized spacial score (nSPS) is 10.1. The highest BCUT2D eigenvalue weighted by atomic mass is 79.9. The van der Waals surface area contributed by atoms with Crippen LogP contribution in [-0.4, -0.2) is 18.3 Å². The van der Waals surface area contributed by atoms with E-state index in [1.54, 1.807) is 0 Å². The number of anilines is 1. The molecule has 0 aromatic carbocycles. The molecule has 0 aliphatic heterocycles. The summed E-state index contributed by atoms with van der Waals surface area (Å²) in [6.07, 6.45) is 0.938. The molecule has 0 aliphatic rings. The lowest BCUT2D eigenvalue weighted by Crippen LogP contribution is -2.04. The summed E-state index contributed by atoms with van der Waals surface area (Å²) in [5, 5.41) is 3.78. The molecule has 0 atom stereocenters. The van der Waals surface area contributed by atoms with Crippen molar-refractivity contribution in [3.8, 4) is 0 Å². The molecular weight excluding hydrogens is 268 g/mol. The average molecular weight is 287 g/mol. The number of pyridine rings is 1. The van der Waals surface area contributed by atoms with E-state index in [-0.39, 0.29) is 5.41 Å². The minimum atomic E-state index is -0.139. The summed E-state index contributed by atoms with van der Waals surface area (Å²) in [6, 6.07) is 5.90. The molecule has 4 heteroatoms. The molecule has 0 bridgehead atoms. The van der Waals surface area contributed by atoms with Crippen LogP contribution in [0.1, 0.15) is 26.5 Å². The molecule has 0 fully saturated rings. The molecule has 1 N–H and O–H groups in total. The highest BCUT2D eigenvalue weighted by molar-refractivity contribution is 9.08. The van der Waals surface area contributed by atoms with E-state index in [2.05, 4.69) is 26.2 Å². The largest absolute Gasteiger partial charge is 0.373 e. The van der Waals surface area contributed by atoms with Crippen molar-refractivity contribution in [3.05, 3.63) is 23.9 Å². The molecule has 0 saturated carbocycles. The summed E-state index contributed by atoms with van der Waals surface area (Å²) in [5.41, 5.74) is 0.909. The van der Waals surface area contributed by atoms with Crippen LogP contribution in [0.15, 0.2) is 18.2 Å². The van der Waals surface area contributed by atoms with E-state index >= 15 is 0 Å². The number of aromatic nitrogens is 1. The van der Waals surface area contributed by atoms with Gasteiger partial charge < -0.3 is 10.1 Å². The maximum Gasteiger partial charge on any atom is 0.125 e. The quantitative estimate of drug-likeness (QED) is 0.670. The van der Waals surface area contributed by atoms with Crippen LogP contribution in [0.5, 0.6) is 0 Å². The molecule has 0 radical (unpaired) electrons. The van der Waals surface area contributed by atoms with Crippen molar-refractivity contribution >= 4 is 28.0 Å². The molecule has 0 saturated heterocycles. The number of carbonyl (C=O) groups excluding carboxylic acids is 1. The standard InChI is InChI=1S/C7H9BrN2.C5H10O/c1-9-7-4-2-3-6(5-8)10-7;1-5(2,3)4-6/h2-4H,5H2,1H3,(H,9,10);4H,1-3H3. The van der Waals surface area contributed by atoms with Crippen molar-refractivity contribution in [2.45, 2.75) is 26.1 Å². The highest BCUT2D eigenvalue weighted by Gasteiger charge is 2.04. The lowest BCUT2D eigenvalue weighted by molar-refractivity contribution is -0.113. The molecule has 1 rings (SSSR count). The van der Waals surface area contributed by atoms with Gasteiger partial charge in [0.25, 0.3) is 0 Å². The Hall–Kier alpha value is -0.900. The lowest BCUT2D eigenvalue weighted by Gasteiger charge is -2.03. The Kier molecular flexibility index (Phi) is 6.97. The van der Waals surface area contributed by atoms with Gasteiger partial charge in [0.2, 0.25) is 0 Å². The van der Waals surface area contributed by atoms with Gasteiger partial charge in [-0.05, 0) is 12.1 Å². The van der Waals surface area contributed by atoms with E-state index < -0.39 is 0 Å². The first-order chi connectivity index (χ1) is 7.42. The van der Waals surface area contributed by atoms with Crippen LogP contribution in [0, 0.1) is 5.41 Å². The third-order valence-corrected chi connectivity index (χ3v) is 2.13. The molecule has 1 heterocycles. The van der Waals surface area contributed by atoms with Gasteiger partial charge in [-0.2, -0.15) is 0 Å². The maximum absolute atomic E-state index is 9.83. The molecule has 1 aromatic rings. The molecular formula is C12H19BrN2O. The van der Waals surface area contributed by atoms with Gasteiger partial charge >= 0.3 is 0 Å². The smallest absolute Gasteiger partial charge is 0.125 e. The van der Waals surface area contributed by atoms with Crippen molar-refractivity contribution in [1.29, 1.82) is 0 Å². The van der Waals surface area contributed by atoms with E-state index in [9.17, 15) is 4.79 Å². The monoisotopic (exact) mass is 286 g/mol. The summed E-state index contributed by atoms with van der Waals surface area (Å²) in [6.45, 7) is 5.62. The van der Waals surface area contributed by atoms with Crippen LogP contribution in [0.2, 0.25) is 0 Å². The molecule has 0 unspecified atom stereocenters. The number of nitrogens with zero attached hydrogens (tertiary/aromatic N) is 1. The van der Waals surface area contributed by atoms with Gasteiger partial charge in [-0.1, -0.05) is 42.8 Å². The van der Waals surface area contributed by atoms with Crippen LogP contribution in [0.25, 0.3) is 0 Å². The minimum Gasteiger partial charge on any atom is -0.373 e. The van der Waals surface area contributed by atoms with Crippen molar-refractivity contribution in [3.63, 3.8) is 0 Å². The van der Waals surface area contributed by atoms with Crippen molar-refractivity contribution in [2.24, 2.45) is 5.41 Å². The van der Waals surface area contributed by atoms with Gasteiger partial charge in [-0.15, -0.1) is 0 Å². The van der Waals surface area contributed by atoms with Crippen LogP contribution in [0.4, 0.5) is 5.82 Å². The zero-order valence-electron chi connectivity index (χ0n) is 10.2. The Morgan fingerprint density at radius 1 is 1.44 bits per heavy atom. The molecule has 90 valence electrons. The van der Waals surface area contributed by atoms with Crippen molar-refractivity contribution < 1.29 is 4.79 Å². The second kappa shape index (κ2) is 7.39. The molecule has 1 aromatic heterocycles. The van der Waals surface area contributed by atoms with E-state index in [0.29, 0.717) is 0 Å². The summed E-state index contributed by atoms with van der Waals surface area (Å²) < 4.78 is 0. The van der Waals surface area contributed by atoms with Crippen LogP contribution >= 0.6 is 15.9 Å². The zero-order chi connectivity index (χ0) is 12.6. The molecule has 0 aliphatic carbocycles. The van der Waals surface area contributed by atoms with E-state index in [4.69, 9.17) is 0 Å². The van der Waals surface area contributed by atoms with E-state index in [1.807, 2.05) is 46.0 Å². The zero-order valence-corrected chi connectivity index (χ0v) is 11.8. The van der Waals surface area contributed by atoms with Crippen LogP contribution in [-0.2, 0) is 10.1 Å². The summed E-state index contributed by atoms with van der Waals surface area (Å²) in [7, 11) is 1.86. The Morgan fingerprint density at radius 2 is 2.00 bits per heavy atom. The van der Waals surface area contributed by atoms with Crippen LogP contribution in [0.3, 0.4) is 0 Å². The first kappa shape index (κ1) is 15.1. The summed E-state index contributed by atoms with van der Waals surface area (Å²) in [5.74, 6) is 0.914. The van der Waals surface area contributed by atoms with E-state index in [1.165, 1.54) is 0 Å². The SMILES string of the molecule is CC(C)(C)C=O.CNc1cccc(CBr)n1. The fraction of sp³-hybridized carbons (Fsp3) is 0.500. The van der Waals surface area contributed by atoms with E-state index in [0.717, 1.165) is 23.1 Å². The highest BCUT2D eigenvalue weighted by Crippen LogP contribution is 2.06.